The van der Waals surface area contributed by atoms with E-state index in [-0.39, 0.29) is 0 Å². The van der Waals surface area contributed by atoms with Gasteiger partial charge in [0.25, 0.3) is 0 Å². The van der Waals surface area contributed by atoms with Crippen molar-refractivity contribution in [2.75, 3.05) is 25.9 Å². The lowest BCUT2D eigenvalue weighted by atomic mass is 10.1. The summed E-state index contributed by atoms with van der Waals surface area (Å²) in [6.45, 7) is 2.44. The molecule has 0 radical (unpaired) electrons. The van der Waals surface area contributed by atoms with Crippen LogP contribution in [0, 0.1) is 0 Å². The molecule has 0 bridgehead atoms. The van der Waals surface area contributed by atoms with E-state index in [4.69, 9.17) is 0 Å². The fourth-order valence-electron chi connectivity index (χ4n) is 1.24. The first kappa shape index (κ1) is 8.15. The van der Waals surface area contributed by atoms with Gasteiger partial charge in [0.05, 0.1) is 0 Å². The van der Waals surface area contributed by atoms with Crippen LogP contribution < -0.4 is 0 Å². The summed E-state index contributed by atoms with van der Waals surface area (Å²) in [6.07, 6.45) is 4.74. The molecule has 0 unspecified atom stereocenters. The van der Waals surface area contributed by atoms with Gasteiger partial charge in [-0.15, -0.1) is 0 Å². The molecule has 1 aliphatic rings. The van der Waals surface area contributed by atoms with E-state index in [1.807, 2.05) is 0 Å². The van der Waals surface area contributed by atoms with Gasteiger partial charge in [-0.3, -0.25) is 0 Å². The molecule has 0 aromatic rings. The zero-order chi connectivity index (χ0) is 7.40. The maximum atomic E-state index is 4.16. The van der Waals surface area contributed by atoms with Crippen LogP contribution in [0.2, 0.25) is 0 Å². The van der Waals surface area contributed by atoms with Gasteiger partial charge in [0.15, 0.2) is 0 Å². The number of piperidine rings is 1. The second-order valence-corrected chi connectivity index (χ2v) is 3.21. The molecule has 0 spiro atoms. The Kier molecular flexibility index (Phi) is 3.29. The highest BCUT2D eigenvalue weighted by molar-refractivity contribution is 7.80. The Morgan fingerprint density at radius 3 is 2.60 bits per heavy atom. The van der Waals surface area contributed by atoms with E-state index in [0.717, 1.165) is 5.75 Å². The Labute approximate surface area is 68.5 Å². The number of likely N-dealkylation sites (tertiary alicyclic amines) is 1. The average Bonchev–Trinajstić information content (AvgIpc) is 1.95. The molecule has 0 aromatic carbocycles. The summed E-state index contributed by atoms with van der Waals surface area (Å²) in [5.74, 6) is 0.902. The number of rotatable bonds is 1. The van der Waals surface area contributed by atoms with Gasteiger partial charge in [-0.1, -0.05) is 11.6 Å². The molecule has 1 saturated heterocycles. The highest BCUT2D eigenvalue weighted by atomic mass is 32.1. The first-order valence-corrected chi connectivity index (χ1v) is 4.43. The summed E-state index contributed by atoms with van der Waals surface area (Å²) < 4.78 is 0. The predicted molar refractivity (Wildman–Crippen MR) is 48.7 cm³/mol. The Bertz CT molecular complexity index is 121. The van der Waals surface area contributed by atoms with Gasteiger partial charge in [-0.05, 0) is 19.9 Å². The van der Waals surface area contributed by atoms with Gasteiger partial charge in [0.1, 0.15) is 0 Å². The van der Waals surface area contributed by atoms with E-state index >= 15 is 0 Å². The van der Waals surface area contributed by atoms with Crippen LogP contribution in [0.5, 0.6) is 0 Å². The van der Waals surface area contributed by atoms with Crippen LogP contribution in [0.15, 0.2) is 11.6 Å². The minimum absolute atomic E-state index is 0.902. The molecular weight excluding hydrogens is 142 g/mol. The zero-order valence-electron chi connectivity index (χ0n) is 6.51. The third kappa shape index (κ3) is 2.35. The van der Waals surface area contributed by atoms with Gasteiger partial charge in [-0.25, -0.2) is 0 Å². The van der Waals surface area contributed by atoms with Crippen LogP contribution in [0.4, 0.5) is 0 Å². The van der Waals surface area contributed by atoms with Gasteiger partial charge < -0.3 is 4.90 Å². The van der Waals surface area contributed by atoms with Crippen LogP contribution >= 0.6 is 12.6 Å². The van der Waals surface area contributed by atoms with Crippen molar-refractivity contribution in [3.8, 4) is 0 Å². The molecule has 1 heterocycles. The normalized spacial score (nSPS) is 21.2. The number of hydrogen-bond acceptors (Lipinski definition) is 2. The second-order valence-electron chi connectivity index (χ2n) is 2.85. The molecule has 0 atom stereocenters. The molecule has 10 heavy (non-hydrogen) atoms. The SMILES string of the molecule is CN1CCC(=CCS)CC1. The van der Waals surface area contributed by atoms with E-state index in [9.17, 15) is 0 Å². The monoisotopic (exact) mass is 157 g/mol. The molecular formula is C8H15NS. The van der Waals surface area contributed by atoms with E-state index in [2.05, 4.69) is 30.7 Å². The first-order valence-electron chi connectivity index (χ1n) is 3.80. The zero-order valence-corrected chi connectivity index (χ0v) is 7.40. The van der Waals surface area contributed by atoms with Gasteiger partial charge >= 0.3 is 0 Å². The number of thiol groups is 1. The van der Waals surface area contributed by atoms with Crippen molar-refractivity contribution in [3.05, 3.63) is 11.6 Å². The molecule has 1 fully saturated rings. The second kappa shape index (κ2) is 4.04. The van der Waals surface area contributed by atoms with E-state index in [1.54, 1.807) is 5.57 Å². The van der Waals surface area contributed by atoms with Crippen molar-refractivity contribution in [3.63, 3.8) is 0 Å². The van der Waals surface area contributed by atoms with Crippen molar-refractivity contribution in [2.45, 2.75) is 12.8 Å². The summed E-state index contributed by atoms with van der Waals surface area (Å²) in [6, 6.07) is 0. The Morgan fingerprint density at radius 2 is 2.10 bits per heavy atom. The van der Waals surface area contributed by atoms with Crippen LogP contribution in [-0.2, 0) is 0 Å². The van der Waals surface area contributed by atoms with Crippen LogP contribution in [0.3, 0.4) is 0 Å². The van der Waals surface area contributed by atoms with Crippen LogP contribution in [0.1, 0.15) is 12.8 Å². The highest BCUT2D eigenvalue weighted by Gasteiger charge is 2.08. The molecule has 58 valence electrons. The summed E-state index contributed by atoms with van der Waals surface area (Å²) in [7, 11) is 2.18. The Hall–Kier alpha value is 0.0500. The lowest BCUT2D eigenvalue weighted by molar-refractivity contribution is 0.312. The van der Waals surface area contributed by atoms with Gasteiger partial charge in [-0.2, -0.15) is 12.6 Å². The van der Waals surface area contributed by atoms with Crippen LogP contribution in [0.25, 0.3) is 0 Å². The fourth-order valence-corrected chi connectivity index (χ4v) is 1.50. The first-order chi connectivity index (χ1) is 4.83. The van der Waals surface area contributed by atoms with Crippen molar-refractivity contribution in [2.24, 2.45) is 0 Å². The predicted octanol–water partition coefficient (Wildman–Crippen LogP) is 1.57. The van der Waals surface area contributed by atoms with Crippen molar-refractivity contribution >= 4 is 12.6 Å². The smallest absolute Gasteiger partial charge is 0.00852 e. The third-order valence-corrected chi connectivity index (χ3v) is 2.19. The molecule has 1 rings (SSSR count). The summed E-state index contributed by atoms with van der Waals surface area (Å²) >= 11 is 4.16. The summed E-state index contributed by atoms with van der Waals surface area (Å²) in [5, 5.41) is 0. The standard InChI is InChI=1S/C8H15NS/c1-9-5-2-8(3-6-9)4-7-10/h4,10H,2-3,5-7H2,1H3. The minimum Gasteiger partial charge on any atom is -0.306 e. The molecule has 1 aliphatic heterocycles. The maximum absolute atomic E-state index is 4.16. The topological polar surface area (TPSA) is 3.24 Å². The van der Waals surface area contributed by atoms with E-state index in [0.29, 0.717) is 0 Å². The van der Waals surface area contributed by atoms with E-state index < -0.39 is 0 Å². The van der Waals surface area contributed by atoms with E-state index in [1.165, 1.54) is 25.9 Å². The average molecular weight is 157 g/mol. The molecule has 0 amide bonds. The largest absolute Gasteiger partial charge is 0.306 e. The van der Waals surface area contributed by atoms with Gasteiger partial charge in [0, 0.05) is 18.8 Å². The lowest BCUT2D eigenvalue weighted by Gasteiger charge is -2.23. The Morgan fingerprint density at radius 1 is 1.50 bits per heavy atom. The highest BCUT2D eigenvalue weighted by Crippen LogP contribution is 2.14. The molecule has 0 saturated carbocycles. The third-order valence-electron chi connectivity index (χ3n) is 2.01. The quantitative estimate of drug-likeness (QED) is 0.446. The molecule has 1 nitrogen and oxygen atoms in total. The Balaban J connectivity index is 2.32. The lowest BCUT2D eigenvalue weighted by Crippen LogP contribution is -2.26. The summed E-state index contributed by atoms with van der Waals surface area (Å²) in [5.41, 5.74) is 1.59. The summed E-state index contributed by atoms with van der Waals surface area (Å²) in [4.78, 5) is 2.37. The molecule has 0 N–H and O–H groups in total. The van der Waals surface area contributed by atoms with Crippen molar-refractivity contribution in [1.29, 1.82) is 0 Å². The molecule has 2 heteroatoms. The van der Waals surface area contributed by atoms with Crippen LogP contribution in [-0.4, -0.2) is 30.8 Å². The molecule has 0 aromatic heterocycles. The molecule has 0 aliphatic carbocycles. The fraction of sp³-hybridized carbons (Fsp3) is 0.750. The number of nitrogens with zero attached hydrogens (tertiary/aromatic N) is 1. The maximum Gasteiger partial charge on any atom is 0.00852 e. The van der Waals surface area contributed by atoms with Gasteiger partial charge in [0.2, 0.25) is 0 Å². The number of hydrogen-bond donors (Lipinski definition) is 1. The minimum atomic E-state index is 0.902. The van der Waals surface area contributed by atoms with Crippen molar-refractivity contribution in [1.82, 2.24) is 4.90 Å². The van der Waals surface area contributed by atoms with Crippen molar-refractivity contribution < 1.29 is 0 Å².